The monoisotopic (exact) mass is 414 g/mol. The number of benzene rings is 2. The molecular formula is C25H26N4O2. The molecule has 0 bridgehead atoms. The van der Waals surface area contributed by atoms with Gasteiger partial charge in [-0.2, -0.15) is 5.26 Å². The van der Waals surface area contributed by atoms with E-state index in [1.54, 1.807) is 13.2 Å². The van der Waals surface area contributed by atoms with Crippen LogP contribution in [0, 0.1) is 11.3 Å². The Labute approximate surface area is 182 Å². The number of nitrogens with one attached hydrogen (secondary N) is 1. The van der Waals surface area contributed by atoms with E-state index in [0.717, 1.165) is 59.8 Å². The molecule has 0 amide bonds. The Morgan fingerprint density at radius 2 is 1.87 bits per heavy atom. The molecule has 0 saturated carbocycles. The van der Waals surface area contributed by atoms with Gasteiger partial charge in [0, 0.05) is 53.8 Å². The van der Waals surface area contributed by atoms with Gasteiger partial charge >= 0.3 is 0 Å². The molecule has 1 aliphatic heterocycles. The maximum atomic E-state index is 13.7. The van der Waals surface area contributed by atoms with Crippen LogP contribution in [0.4, 0.5) is 5.69 Å². The molecule has 6 heteroatoms. The second-order valence-corrected chi connectivity index (χ2v) is 9.06. The summed E-state index contributed by atoms with van der Waals surface area (Å²) < 4.78 is 5.74. The van der Waals surface area contributed by atoms with E-state index in [1.165, 1.54) is 0 Å². The third-order valence-corrected chi connectivity index (χ3v) is 6.86. The molecule has 0 radical (unpaired) electrons. The van der Waals surface area contributed by atoms with Gasteiger partial charge in [0.1, 0.15) is 5.75 Å². The maximum Gasteiger partial charge on any atom is 0.195 e. The number of ketones is 1. The molecule has 1 fully saturated rings. The molecule has 31 heavy (non-hydrogen) atoms. The standard InChI is InChI=1S/C25H26N4O2/c1-25(2)18-13-20(29-9-7-28(3)8-10-29)21(31-4)12-17(18)23(30)22-16-6-5-15(14-26)11-19(16)27-24(22)25/h5-6,11-13,27H,7-10H2,1-4H3. The van der Waals surface area contributed by atoms with Gasteiger partial charge in [-0.05, 0) is 36.9 Å². The minimum Gasteiger partial charge on any atom is -0.495 e. The van der Waals surface area contributed by atoms with Gasteiger partial charge in [0.2, 0.25) is 0 Å². The van der Waals surface area contributed by atoms with Crippen LogP contribution in [-0.4, -0.2) is 56.0 Å². The summed E-state index contributed by atoms with van der Waals surface area (Å²) in [7, 11) is 3.80. The van der Waals surface area contributed by atoms with Crippen molar-refractivity contribution in [2.45, 2.75) is 19.3 Å². The van der Waals surface area contributed by atoms with Crippen LogP contribution in [0.3, 0.4) is 0 Å². The summed E-state index contributed by atoms with van der Waals surface area (Å²) in [6.45, 7) is 8.14. The Morgan fingerprint density at radius 3 is 2.55 bits per heavy atom. The Morgan fingerprint density at radius 1 is 1.13 bits per heavy atom. The van der Waals surface area contributed by atoms with Crippen LogP contribution >= 0.6 is 0 Å². The highest BCUT2D eigenvalue weighted by Crippen LogP contribution is 2.47. The van der Waals surface area contributed by atoms with Crippen molar-refractivity contribution in [1.29, 1.82) is 5.26 Å². The Kier molecular flexibility index (Phi) is 4.35. The van der Waals surface area contributed by atoms with Crippen molar-refractivity contribution < 1.29 is 9.53 Å². The number of methoxy groups -OCH3 is 1. The lowest BCUT2D eigenvalue weighted by Gasteiger charge is -2.37. The molecule has 2 heterocycles. The minimum absolute atomic E-state index is 0.00325. The van der Waals surface area contributed by atoms with E-state index in [-0.39, 0.29) is 5.78 Å². The van der Waals surface area contributed by atoms with Gasteiger partial charge in [-0.15, -0.1) is 0 Å². The second kappa shape index (κ2) is 6.86. The molecule has 1 N–H and O–H groups in total. The summed E-state index contributed by atoms with van der Waals surface area (Å²) in [4.78, 5) is 21.8. The lowest BCUT2D eigenvalue weighted by Crippen LogP contribution is -2.44. The van der Waals surface area contributed by atoms with E-state index in [0.29, 0.717) is 16.7 Å². The van der Waals surface area contributed by atoms with E-state index in [1.807, 2.05) is 18.2 Å². The first-order chi connectivity index (χ1) is 14.8. The molecule has 1 saturated heterocycles. The van der Waals surface area contributed by atoms with Gasteiger partial charge in [-0.3, -0.25) is 4.79 Å². The van der Waals surface area contributed by atoms with Gasteiger partial charge in [0.25, 0.3) is 0 Å². The number of fused-ring (bicyclic) bond motifs is 4. The zero-order chi connectivity index (χ0) is 21.9. The van der Waals surface area contributed by atoms with Crippen molar-refractivity contribution in [3.05, 3.63) is 58.3 Å². The summed E-state index contributed by atoms with van der Waals surface area (Å²) in [6, 6.07) is 11.7. The number of piperazine rings is 1. The van der Waals surface area contributed by atoms with Gasteiger partial charge in [0.05, 0.1) is 30.0 Å². The van der Waals surface area contributed by atoms with Gasteiger partial charge in [-0.1, -0.05) is 19.9 Å². The third-order valence-electron chi connectivity index (χ3n) is 6.86. The summed E-state index contributed by atoms with van der Waals surface area (Å²) in [5.74, 6) is 0.742. The van der Waals surface area contributed by atoms with Crippen molar-refractivity contribution in [3.63, 3.8) is 0 Å². The van der Waals surface area contributed by atoms with E-state index in [4.69, 9.17) is 4.74 Å². The maximum absolute atomic E-state index is 13.7. The lowest BCUT2D eigenvalue weighted by atomic mass is 9.71. The van der Waals surface area contributed by atoms with Gasteiger partial charge in [0.15, 0.2) is 5.78 Å². The number of likely N-dealkylation sites (N-methyl/N-ethyl adjacent to an activating group) is 1. The number of nitriles is 1. The van der Waals surface area contributed by atoms with Crippen LogP contribution in [0.2, 0.25) is 0 Å². The van der Waals surface area contributed by atoms with Crippen molar-refractivity contribution in [3.8, 4) is 11.8 Å². The largest absolute Gasteiger partial charge is 0.495 e. The third kappa shape index (κ3) is 2.84. The smallest absolute Gasteiger partial charge is 0.195 e. The molecule has 0 atom stereocenters. The summed E-state index contributed by atoms with van der Waals surface area (Å²) >= 11 is 0. The zero-order valence-corrected chi connectivity index (χ0v) is 18.4. The predicted molar refractivity (Wildman–Crippen MR) is 121 cm³/mol. The molecular weight excluding hydrogens is 388 g/mol. The fourth-order valence-corrected chi connectivity index (χ4v) is 4.97. The van der Waals surface area contributed by atoms with E-state index < -0.39 is 5.41 Å². The molecule has 6 nitrogen and oxygen atoms in total. The molecule has 5 rings (SSSR count). The number of nitrogens with zero attached hydrogens (tertiary/aromatic N) is 3. The number of hydrogen-bond donors (Lipinski definition) is 1. The minimum atomic E-state index is -0.391. The predicted octanol–water partition coefficient (Wildman–Crippen LogP) is 3.67. The summed E-state index contributed by atoms with van der Waals surface area (Å²) in [6.07, 6.45) is 0. The Balaban J connectivity index is 1.70. The Bertz CT molecular complexity index is 1260. The second-order valence-electron chi connectivity index (χ2n) is 9.06. The van der Waals surface area contributed by atoms with Crippen molar-refractivity contribution in [1.82, 2.24) is 9.88 Å². The average molecular weight is 415 g/mol. The van der Waals surface area contributed by atoms with Crippen LogP contribution in [0.5, 0.6) is 5.75 Å². The summed E-state index contributed by atoms with van der Waals surface area (Å²) in [5, 5.41) is 10.1. The highest BCUT2D eigenvalue weighted by atomic mass is 16.5. The average Bonchev–Trinajstić information content (AvgIpc) is 3.17. The molecule has 3 aromatic rings. The van der Waals surface area contributed by atoms with Crippen molar-refractivity contribution in [2.75, 3.05) is 45.2 Å². The topological polar surface area (TPSA) is 72.4 Å². The normalized spacial score (nSPS) is 17.9. The van der Waals surface area contributed by atoms with Gasteiger partial charge < -0.3 is 19.5 Å². The van der Waals surface area contributed by atoms with Crippen LogP contribution in [0.25, 0.3) is 10.9 Å². The summed E-state index contributed by atoms with van der Waals surface area (Å²) in [5.41, 5.74) is 5.36. The molecule has 158 valence electrons. The first-order valence-electron chi connectivity index (χ1n) is 10.6. The number of aromatic amines is 1. The molecule has 1 aliphatic carbocycles. The quantitative estimate of drug-likeness (QED) is 0.693. The van der Waals surface area contributed by atoms with E-state index in [2.05, 4.69) is 47.8 Å². The number of ether oxygens (including phenoxy) is 1. The van der Waals surface area contributed by atoms with Crippen molar-refractivity contribution in [2.24, 2.45) is 0 Å². The molecule has 2 aliphatic rings. The fraction of sp³-hybridized carbons (Fsp3) is 0.360. The number of carbonyl (C=O) groups is 1. The number of aromatic nitrogens is 1. The van der Waals surface area contributed by atoms with Crippen LogP contribution in [0.1, 0.15) is 46.6 Å². The first kappa shape index (κ1) is 19.7. The molecule has 0 unspecified atom stereocenters. The van der Waals surface area contributed by atoms with Crippen LogP contribution in [0.15, 0.2) is 30.3 Å². The first-order valence-corrected chi connectivity index (χ1v) is 10.6. The number of anilines is 1. The molecule has 1 aromatic heterocycles. The number of H-pyrrole nitrogens is 1. The molecule has 2 aromatic carbocycles. The number of carbonyl (C=O) groups excluding carboxylic acids is 1. The highest BCUT2D eigenvalue weighted by Gasteiger charge is 2.41. The number of rotatable bonds is 2. The highest BCUT2D eigenvalue weighted by molar-refractivity contribution is 6.20. The van der Waals surface area contributed by atoms with Crippen LogP contribution in [-0.2, 0) is 5.41 Å². The number of hydrogen-bond acceptors (Lipinski definition) is 5. The Hall–Kier alpha value is -3.30. The van der Waals surface area contributed by atoms with Crippen LogP contribution < -0.4 is 9.64 Å². The van der Waals surface area contributed by atoms with Crippen molar-refractivity contribution >= 4 is 22.4 Å². The lowest BCUT2D eigenvalue weighted by molar-refractivity contribution is 0.103. The zero-order valence-electron chi connectivity index (χ0n) is 18.4. The van der Waals surface area contributed by atoms with Gasteiger partial charge in [-0.25, -0.2) is 0 Å². The molecule has 0 spiro atoms. The fourth-order valence-electron chi connectivity index (χ4n) is 4.97. The van der Waals surface area contributed by atoms with E-state index in [9.17, 15) is 10.1 Å². The van der Waals surface area contributed by atoms with E-state index >= 15 is 0 Å². The SMILES string of the molecule is COc1cc2c(cc1N1CCN(C)CC1)C(C)(C)c1[nH]c3cc(C#N)ccc3c1C2=O.